The first kappa shape index (κ1) is 47.2. The molecule has 0 aromatic carbocycles. The van der Waals surface area contributed by atoms with Crippen LogP contribution < -0.4 is 16.8 Å². The highest BCUT2D eigenvalue weighted by Gasteiger charge is 2.62. The number of hydrogen-bond acceptors (Lipinski definition) is 13. The Labute approximate surface area is 359 Å². The second-order valence-corrected chi connectivity index (χ2v) is 18.8. The molecule has 0 aromatic heterocycles. The van der Waals surface area contributed by atoms with Gasteiger partial charge in [0, 0.05) is 25.4 Å². The van der Waals surface area contributed by atoms with Crippen molar-refractivity contribution in [1.82, 2.24) is 15.1 Å². The molecule has 6 aliphatic rings. The predicted molar refractivity (Wildman–Crippen MR) is 231 cm³/mol. The standard InChI is InChI=1S/C46H80N6O8/c1-4-6-20-36-25-27-44(59-36)32-34-23-24-37-39(45(26-17-19-33(3)58-45)50-43(49-44)52(34)37)41(54)57-35(5-2)21-15-13-11-9-7-8-10-12-14-16-22-38-40(53)51(31-18-29-47)42(55)46(56,60-38)28-30-48/h6,20,33-39,42,55-56H,4-5,7-19,21-32,47-48H2,1-3H3,(H,49,50)/b20-6-/t33-,34+,35?,36+,37-,38-,39-,42-,44+,45-,46+/m0/s1. The van der Waals surface area contributed by atoms with Crippen LogP contribution in [0.15, 0.2) is 17.1 Å². The summed E-state index contributed by atoms with van der Waals surface area (Å²) in [4.78, 5) is 36.5. The Morgan fingerprint density at radius 3 is 2.38 bits per heavy atom. The van der Waals surface area contributed by atoms with Crippen LogP contribution in [0.3, 0.4) is 0 Å². The topological polar surface area (TPSA) is 194 Å². The molecule has 14 nitrogen and oxygen atoms in total. The monoisotopic (exact) mass is 845 g/mol. The van der Waals surface area contributed by atoms with E-state index in [2.05, 4.69) is 43.1 Å². The van der Waals surface area contributed by atoms with E-state index in [0.717, 1.165) is 115 Å². The lowest BCUT2D eigenvalue weighted by molar-refractivity contribution is -0.325. The number of nitrogens with two attached hydrogens (primary N) is 2. The van der Waals surface area contributed by atoms with E-state index in [-0.39, 0.29) is 61.8 Å². The molecule has 5 fully saturated rings. The summed E-state index contributed by atoms with van der Waals surface area (Å²) in [5.41, 5.74) is 9.97. The number of allylic oxidation sites excluding steroid dienone is 1. The second kappa shape index (κ2) is 21.8. The molecule has 6 heterocycles. The largest absolute Gasteiger partial charge is 0.462 e. The second-order valence-electron chi connectivity index (χ2n) is 18.8. The van der Waals surface area contributed by atoms with Crippen LogP contribution in [0.1, 0.15) is 175 Å². The van der Waals surface area contributed by atoms with Crippen molar-refractivity contribution >= 4 is 17.8 Å². The van der Waals surface area contributed by atoms with Crippen molar-refractivity contribution in [2.24, 2.45) is 22.4 Å². The van der Waals surface area contributed by atoms with Crippen molar-refractivity contribution in [2.45, 2.75) is 235 Å². The Morgan fingerprint density at radius 1 is 0.967 bits per heavy atom. The predicted octanol–water partition coefficient (Wildman–Crippen LogP) is 5.86. The van der Waals surface area contributed by atoms with Gasteiger partial charge in [-0.15, -0.1) is 0 Å². The summed E-state index contributed by atoms with van der Waals surface area (Å²) in [5, 5.41) is 25.4. The third-order valence-electron chi connectivity index (χ3n) is 14.2. The Kier molecular flexibility index (Phi) is 17.2. The van der Waals surface area contributed by atoms with E-state index in [1.165, 1.54) is 30.6 Å². The third kappa shape index (κ3) is 11.1. The maximum atomic E-state index is 14.4. The Morgan fingerprint density at radius 2 is 1.70 bits per heavy atom. The maximum absolute atomic E-state index is 14.4. The number of carbonyl (C=O) groups excluding carboxylic acids is 2. The smallest absolute Gasteiger partial charge is 0.316 e. The van der Waals surface area contributed by atoms with Crippen molar-refractivity contribution in [2.75, 3.05) is 19.6 Å². The number of unbranched alkanes of at least 4 members (excludes halogenated alkanes) is 9. The first-order valence-electron chi connectivity index (χ1n) is 24.2. The van der Waals surface area contributed by atoms with Gasteiger partial charge in [-0.1, -0.05) is 83.8 Å². The van der Waals surface area contributed by atoms with Crippen LogP contribution in [-0.4, -0.2) is 117 Å². The molecule has 7 N–H and O–H groups in total. The maximum Gasteiger partial charge on any atom is 0.316 e. The lowest BCUT2D eigenvalue weighted by atomic mass is 9.80. The number of aliphatic imine (C=N–C) groups is 1. The van der Waals surface area contributed by atoms with Crippen LogP contribution in [0.25, 0.3) is 0 Å². The quantitative estimate of drug-likeness (QED) is 0.0468. The molecule has 0 radical (unpaired) electrons. The van der Waals surface area contributed by atoms with Crippen LogP contribution in [-0.2, 0) is 28.5 Å². The van der Waals surface area contributed by atoms with E-state index in [1.54, 1.807) is 0 Å². The zero-order valence-electron chi connectivity index (χ0n) is 37.2. The van der Waals surface area contributed by atoms with Gasteiger partial charge in [-0.05, 0) is 103 Å². The van der Waals surface area contributed by atoms with E-state index in [9.17, 15) is 19.8 Å². The highest BCUT2D eigenvalue weighted by molar-refractivity contribution is 5.87. The molecule has 0 aromatic rings. The summed E-state index contributed by atoms with van der Waals surface area (Å²) in [6.45, 7) is 7.18. The molecule has 0 bridgehead atoms. The summed E-state index contributed by atoms with van der Waals surface area (Å²) in [5.74, 6) is -1.88. The van der Waals surface area contributed by atoms with Crippen LogP contribution in [0, 0.1) is 5.92 Å². The average Bonchev–Trinajstić information content (AvgIpc) is 3.82. The van der Waals surface area contributed by atoms with E-state index >= 15 is 0 Å². The number of carbonyl (C=O) groups is 2. The minimum absolute atomic E-state index is 0.00509. The summed E-state index contributed by atoms with van der Waals surface area (Å²) >= 11 is 0. The van der Waals surface area contributed by atoms with Gasteiger partial charge >= 0.3 is 5.97 Å². The minimum Gasteiger partial charge on any atom is -0.462 e. The van der Waals surface area contributed by atoms with Crippen LogP contribution in [0.4, 0.5) is 0 Å². The molecule has 60 heavy (non-hydrogen) atoms. The lowest BCUT2D eigenvalue weighted by Gasteiger charge is -2.54. The Hall–Kier alpha value is -2.33. The molecule has 6 aliphatic heterocycles. The van der Waals surface area contributed by atoms with Crippen molar-refractivity contribution in [3.8, 4) is 0 Å². The van der Waals surface area contributed by atoms with Gasteiger partial charge in [0.15, 0.2) is 17.9 Å². The molecular weight excluding hydrogens is 765 g/mol. The Balaban J connectivity index is 0.903. The molecule has 11 atom stereocenters. The molecule has 0 saturated carbocycles. The zero-order chi connectivity index (χ0) is 42.8. The normalized spacial score (nSPS) is 35.6. The molecule has 14 heteroatoms. The number of ether oxygens (including phenoxy) is 4. The van der Waals surface area contributed by atoms with Gasteiger partial charge in [0.1, 0.15) is 23.9 Å². The number of guanidine groups is 1. The summed E-state index contributed by atoms with van der Waals surface area (Å²) in [6, 6.07) is 0.291. The zero-order valence-corrected chi connectivity index (χ0v) is 37.2. The SMILES string of the molecule is CC/C=C\[C@@H]1CC[C@]2(C[C@H]3CC[C@H]4[C@@H](C(=O)OC(CC)CCCCCCCCCCCC[C@@H]5O[C@](O)(CCN)[C@H](O)N(CCCN)C5=O)[C@@]5(CCC[C@H](C)O5)N=C(N2)N34)O1. The number of hydrogen-bond donors (Lipinski definition) is 5. The van der Waals surface area contributed by atoms with Gasteiger partial charge in [0.25, 0.3) is 5.91 Å². The number of aliphatic hydroxyl groups excluding tert-OH is 1. The number of nitrogens with one attached hydrogen (secondary N) is 1. The van der Waals surface area contributed by atoms with Gasteiger partial charge in [0.05, 0.1) is 18.2 Å². The summed E-state index contributed by atoms with van der Waals surface area (Å²) < 4.78 is 25.7. The minimum atomic E-state index is -1.86. The number of morpholine rings is 1. The third-order valence-corrected chi connectivity index (χ3v) is 14.2. The number of aliphatic hydroxyl groups is 2. The number of esters is 1. The molecular formula is C46H80N6O8. The summed E-state index contributed by atoms with van der Waals surface area (Å²) in [6.07, 6.45) is 24.3. The molecule has 0 aliphatic carbocycles. The molecule has 342 valence electrons. The fraction of sp³-hybridized carbons (Fsp3) is 0.891. The van der Waals surface area contributed by atoms with E-state index in [1.807, 2.05) is 0 Å². The summed E-state index contributed by atoms with van der Waals surface area (Å²) in [7, 11) is 0. The van der Waals surface area contributed by atoms with Gasteiger partial charge < -0.3 is 55.7 Å². The van der Waals surface area contributed by atoms with Crippen molar-refractivity contribution in [3.05, 3.63) is 12.2 Å². The number of nitrogens with zero attached hydrogens (tertiary/aromatic N) is 3. The van der Waals surface area contributed by atoms with E-state index < -0.39 is 35.5 Å². The van der Waals surface area contributed by atoms with Crippen molar-refractivity contribution < 1.29 is 38.7 Å². The molecule has 1 amide bonds. The van der Waals surface area contributed by atoms with Crippen molar-refractivity contribution in [1.29, 1.82) is 0 Å². The molecule has 1 unspecified atom stereocenters. The first-order valence-corrected chi connectivity index (χ1v) is 24.2. The van der Waals surface area contributed by atoms with Gasteiger partial charge in [-0.25, -0.2) is 4.99 Å². The number of amides is 1. The van der Waals surface area contributed by atoms with E-state index in [4.69, 9.17) is 35.4 Å². The molecule has 5 saturated heterocycles. The van der Waals surface area contributed by atoms with Gasteiger partial charge in [-0.2, -0.15) is 0 Å². The first-order chi connectivity index (χ1) is 29.0. The fourth-order valence-corrected chi connectivity index (χ4v) is 11.0. The molecule has 6 rings (SSSR count). The fourth-order valence-electron chi connectivity index (χ4n) is 11.0. The van der Waals surface area contributed by atoms with Gasteiger partial charge in [0.2, 0.25) is 5.79 Å². The lowest BCUT2D eigenvalue weighted by Crippen LogP contribution is -2.70. The van der Waals surface area contributed by atoms with Crippen LogP contribution >= 0.6 is 0 Å². The van der Waals surface area contributed by atoms with Crippen LogP contribution in [0.5, 0.6) is 0 Å². The number of rotatable bonds is 23. The average molecular weight is 845 g/mol. The molecule has 2 spiro atoms. The van der Waals surface area contributed by atoms with Gasteiger partial charge in [-0.3, -0.25) is 9.59 Å². The van der Waals surface area contributed by atoms with Crippen LogP contribution in [0.2, 0.25) is 0 Å². The highest BCUT2D eigenvalue weighted by Crippen LogP contribution is 2.51. The highest BCUT2D eigenvalue weighted by atomic mass is 16.7. The van der Waals surface area contributed by atoms with E-state index in [0.29, 0.717) is 19.4 Å². The van der Waals surface area contributed by atoms with Crippen molar-refractivity contribution in [3.63, 3.8) is 0 Å². The Bertz CT molecular complexity index is 1450.